The summed E-state index contributed by atoms with van der Waals surface area (Å²) in [5.74, 6) is 0.492. The molecular weight excluding hydrogens is 264 g/mol. The van der Waals surface area contributed by atoms with Crippen LogP contribution in [-0.4, -0.2) is 11.4 Å². The zero-order valence-corrected chi connectivity index (χ0v) is 10.5. The number of oxazole rings is 1. The third-order valence-electron chi connectivity index (χ3n) is 2.69. The summed E-state index contributed by atoms with van der Waals surface area (Å²) in [4.78, 5) is 14.8. The third-order valence-corrected chi connectivity index (χ3v) is 2.92. The number of aromatic nitrogens is 1. The molecule has 0 aliphatic heterocycles. The number of carbonyl (C=O) groups is 1. The lowest BCUT2D eigenvalue weighted by atomic mass is 10.2. The molecule has 1 N–H and O–H groups in total. The SMILES string of the molecule is O=CNc1cccc(-c2nc3ccc(Cl)cc3o2)c1. The molecular formula is C14H9ClN2O2. The number of carbonyl (C=O) groups excluding carboxylic acids is 1. The lowest BCUT2D eigenvalue weighted by Gasteiger charge is -1.99. The van der Waals surface area contributed by atoms with E-state index in [1.54, 1.807) is 30.3 Å². The minimum atomic E-state index is 0.492. The van der Waals surface area contributed by atoms with Crippen LogP contribution in [0.4, 0.5) is 5.69 Å². The Morgan fingerprint density at radius 1 is 1.21 bits per heavy atom. The molecule has 0 radical (unpaired) electrons. The monoisotopic (exact) mass is 272 g/mol. The van der Waals surface area contributed by atoms with E-state index in [-0.39, 0.29) is 0 Å². The number of hydrogen-bond donors (Lipinski definition) is 1. The summed E-state index contributed by atoms with van der Waals surface area (Å²) >= 11 is 5.90. The Hall–Kier alpha value is -2.33. The lowest BCUT2D eigenvalue weighted by molar-refractivity contribution is -0.105. The zero-order valence-electron chi connectivity index (χ0n) is 9.76. The van der Waals surface area contributed by atoms with E-state index in [2.05, 4.69) is 10.3 Å². The van der Waals surface area contributed by atoms with Crippen molar-refractivity contribution in [3.8, 4) is 11.5 Å². The van der Waals surface area contributed by atoms with Crippen molar-refractivity contribution in [1.82, 2.24) is 4.98 Å². The molecule has 1 aromatic heterocycles. The van der Waals surface area contributed by atoms with Gasteiger partial charge in [-0.25, -0.2) is 4.98 Å². The number of anilines is 1. The average Bonchev–Trinajstić information content (AvgIpc) is 2.82. The predicted molar refractivity (Wildman–Crippen MR) is 74.1 cm³/mol. The van der Waals surface area contributed by atoms with E-state index in [9.17, 15) is 4.79 Å². The number of benzene rings is 2. The van der Waals surface area contributed by atoms with E-state index in [1.165, 1.54) is 0 Å². The second kappa shape index (κ2) is 4.74. The van der Waals surface area contributed by atoms with Gasteiger partial charge in [0.1, 0.15) is 5.52 Å². The largest absolute Gasteiger partial charge is 0.436 e. The van der Waals surface area contributed by atoms with Gasteiger partial charge in [0, 0.05) is 22.3 Å². The Morgan fingerprint density at radius 2 is 2.11 bits per heavy atom. The van der Waals surface area contributed by atoms with Gasteiger partial charge in [0.25, 0.3) is 0 Å². The molecule has 0 spiro atoms. The lowest BCUT2D eigenvalue weighted by Crippen LogP contribution is -1.93. The highest BCUT2D eigenvalue weighted by atomic mass is 35.5. The Labute approximate surface area is 114 Å². The molecule has 0 saturated heterocycles. The van der Waals surface area contributed by atoms with Gasteiger partial charge in [-0.2, -0.15) is 0 Å². The first-order valence-electron chi connectivity index (χ1n) is 5.63. The molecule has 0 fully saturated rings. The molecule has 1 heterocycles. The van der Waals surface area contributed by atoms with Gasteiger partial charge in [-0.15, -0.1) is 0 Å². The van der Waals surface area contributed by atoms with Crippen molar-refractivity contribution in [2.45, 2.75) is 0 Å². The van der Waals surface area contributed by atoms with Crippen LogP contribution in [0.3, 0.4) is 0 Å². The topological polar surface area (TPSA) is 55.1 Å². The summed E-state index contributed by atoms with van der Waals surface area (Å²) in [6, 6.07) is 12.6. The average molecular weight is 273 g/mol. The number of nitrogens with one attached hydrogen (secondary N) is 1. The summed E-state index contributed by atoms with van der Waals surface area (Å²) in [6.45, 7) is 0. The minimum Gasteiger partial charge on any atom is -0.436 e. The van der Waals surface area contributed by atoms with Crippen LogP contribution in [0, 0.1) is 0 Å². The second-order valence-electron chi connectivity index (χ2n) is 3.97. The first-order valence-corrected chi connectivity index (χ1v) is 6.01. The summed E-state index contributed by atoms with van der Waals surface area (Å²) in [5, 5.41) is 3.19. The van der Waals surface area contributed by atoms with Gasteiger partial charge >= 0.3 is 0 Å². The standard InChI is InChI=1S/C14H9ClN2O2/c15-10-4-5-12-13(7-10)19-14(17-12)9-2-1-3-11(6-9)16-8-18/h1-8H,(H,16,18). The van der Waals surface area contributed by atoms with Crippen molar-refractivity contribution >= 4 is 34.8 Å². The van der Waals surface area contributed by atoms with Gasteiger partial charge in [0.05, 0.1) is 0 Å². The highest BCUT2D eigenvalue weighted by Gasteiger charge is 2.08. The molecule has 5 heteroatoms. The van der Waals surface area contributed by atoms with Crippen molar-refractivity contribution in [3.05, 3.63) is 47.5 Å². The maximum atomic E-state index is 10.4. The summed E-state index contributed by atoms with van der Waals surface area (Å²) in [7, 11) is 0. The summed E-state index contributed by atoms with van der Waals surface area (Å²) < 4.78 is 5.66. The molecule has 0 atom stereocenters. The maximum Gasteiger partial charge on any atom is 0.227 e. The number of rotatable bonds is 3. The number of nitrogens with zero attached hydrogens (tertiary/aromatic N) is 1. The first kappa shape index (κ1) is 11.7. The quantitative estimate of drug-likeness (QED) is 0.739. The highest BCUT2D eigenvalue weighted by molar-refractivity contribution is 6.31. The number of fused-ring (bicyclic) bond motifs is 1. The molecule has 94 valence electrons. The molecule has 1 amide bonds. The van der Waals surface area contributed by atoms with E-state index in [1.807, 2.05) is 12.1 Å². The number of hydrogen-bond acceptors (Lipinski definition) is 3. The maximum absolute atomic E-state index is 10.4. The molecule has 3 rings (SSSR count). The van der Waals surface area contributed by atoms with Gasteiger partial charge < -0.3 is 9.73 Å². The van der Waals surface area contributed by atoms with E-state index < -0.39 is 0 Å². The molecule has 3 aromatic rings. The molecule has 0 aliphatic carbocycles. The summed E-state index contributed by atoms with van der Waals surface area (Å²) in [5.41, 5.74) is 2.86. The van der Waals surface area contributed by atoms with Crippen molar-refractivity contribution in [1.29, 1.82) is 0 Å². The smallest absolute Gasteiger partial charge is 0.227 e. The van der Waals surface area contributed by atoms with E-state index in [0.29, 0.717) is 28.6 Å². The molecule has 2 aromatic carbocycles. The van der Waals surface area contributed by atoms with Gasteiger partial charge in [0.2, 0.25) is 12.3 Å². The van der Waals surface area contributed by atoms with Crippen molar-refractivity contribution in [2.75, 3.05) is 5.32 Å². The fourth-order valence-electron chi connectivity index (χ4n) is 1.83. The van der Waals surface area contributed by atoms with E-state index in [4.69, 9.17) is 16.0 Å². The fraction of sp³-hybridized carbons (Fsp3) is 0. The Balaban J connectivity index is 2.08. The first-order chi connectivity index (χ1) is 9.26. The fourth-order valence-corrected chi connectivity index (χ4v) is 1.99. The van der Waals surface area contributed by atoms with Crippen LogP contribution < -0.4 is 5.32 Å². The molecule has 0 saturated carbocycles. The van der Waals surface area contributed by atoms with Gasteiger partial charge in [-0.1, -0.05) is 17.7 Å². The highest BCUT2D eigenvalue weighted by Crippen LogP contribution is 2.27. The normalized spacial score (nSPS) is 10.6. The van der Waals surface area contributed by atoms with Gasteiger partial charge in [-0.3, -0.25) is 4.79 Å². The molecule has 0 bridgehead atoms. The van der Waals surface area contributed by atoms with Gasteiger partial charge in [0.15, 0.2) is 5.58 Å². The molecule has 0 unspecified atom stereocenters. The number of amides is 1. The van der Waals surface area contributed by atoms with Crippen molar-refractivity contribution < 1.29 is 9.21 Å². The Bertz CT molecular complexity index is 752. The van der Waals surface area contributed by atoms with Crippen molar-refractivity contribution in [3.63, 3.8) is 0 Å². The third kappa shape index (κ3) is 2.30. The summed E-state index contributed by atoms with van der Waals surface area (Å²) in [6.07, 6.45) is 0.630. The van der Waals surface area contributed by atoms with Crippen LogP contribution in [0.2, 0.25) is 5.02 Å². The zero-order chi connectivity index (χ0) is 13.2. The van der Waals surface area contributed by atoms with Crippen LogP contribution in [0.25, 0.3) is 22.6 Å². The second-order valence-corrected chi connectivity index (χ2v) is 4.41. The van der Waals surface area contributed by atoms with Crippen LogP contribution in [0.1, 0.15) is 0 Å². The minimum absolute atomic E-state index is 0.492. The Kier molecular flexibility index (Phi) is 2.93. The molecule has 0 aliphatic rings. The van der Waals surface area contributed by atoms with Crippen molar-refractivity contribution in [2.24, 2.45) is 0 Å². The molecule has 4 nitrogen and oxygen atoms in total. The van der Waals surface area contributed by atoms with E-state index >= 15 is 0 Å². The van der Waals surface area contributed by atoms with E-state index in [0.717, 1.165) is 11.1 Å². The van der Waals surface area contributed by atoms with Crippen LogP contribution >= 0.6 is 11.6 Å². The van der Waals surface area contributed by atoms with Crippen LogP contribution in [-0.2, 0) is 4.79 Å². The van der Waals surface area contributed by atoms with Gasteiger partial charge in [-0.05, 0) is 30.3 Å². The predicted octanol–water partition coefficient (Wildman–Crippen LogP) is 3.72. The molecule has 19 heavy (non-hydrogen) atoms. The number of halogens is 1. The Morgan fingerprint density at radius 3 is 2.95 bits per heavy atom. The van der Waals surface area contributed by atoms with Crippen LogP contribution in [0.15, 0.2) is 46.9 Å². The van der Waals surface area contributed by atoms with Crippen LogP contribution in [0.5, 0.6) is 0 Å².